The Morgan fingerprint density at radius 1 is 0.270 bits per heavy atom. The highest BCUT2D eigenvalue weighted by Crippen LogP contribution is 2.44. The third-order valence-electron chi connectivity index (χ3n) is 12.9. The molecule has 63 heavy (non-hydrogen) atoms. The summed E-state index contributed by atoms with van der Waals surface area (Å²) in [4.78, 5) is 2.36. The minimum atomic E-state index is 0.837. The van der Waals surface area contributed by atoms with E-state index in [1.807, 2.05) is 12.1 Å². The maximum absolute atomic E-state index is 6.82. The molecule has 0 amide bonds. The smallest absolute Gasteiger partial charge is 0.147 e. The van der Waals surface area contributed by atoms with E-state index in [0.29, 0.717) is 0 Å². The number of hydrogen-bond donors (Lipinski definition) is 0. The van der Waals surface area contributed by atoms with Crippen molar-refractivity contribution < 1.29 is 8.83 Å². The molecule has 0 bridgehead atoms. The molecule has 0 saturated carbocycles. The zero-order chi connectivity index (χ0) is 41.4. The normalized spacial score (nSPS) is 11.8. The Kier molecular flexibility index (Phi) is 7.91. The van der Waals surface area contributed by atoms with Gasteiger partial charge < -0.3 is 13.7 Å². The maximum atomic E-state index is 6.82. The fourth-order valence-corrected chi connectivity index (χ4v) is 9.81. The van der Waals surface area contributed by atoms with Crippen LogP contribution in [0.4, 0.5) is 17.1 Å². The number of rotatable bonds is 6. The highest BCUT2D eigenvalue weighted by Gasteiger charge is 2.19. The second kappa shape index (κ2) is 14.1. The first-order chi connectivity index (χ1) is 31.2. The summed E-state index contributed by atoms with van der Waals surface area (Å²) in [7, 11) is 0. The molecule has 294 valence electrons. The second-order valence-electron chi connectivity index (χ2n) is 16.4. The molecule has 0 N–H and O–H groups in total. The Balaban J connectivity index is 0.900. The summed E-state index contributed by atoms with van der Waals surface area (Å²) < 4.78 is 13.0. The number of para-hydroxylation sites is 2. The minimum Gasteiger partial charge on any atom is -0.456 e. The van der Waals surface area contributed by atoms with Crippen LogP contribution in [-0.4, -0.2) is 0 Å². The van der Waals surface area contributed by atoms with Crippen molar-refractivity contribution in [2.75, 3.05) is 4.90 Å². The first-order valence-corrected chi connectivity index (χ1v) is 21.5. The molecule has 0 atom stereocenters. The van der Waals surface area contributed by atoms with Gasteiger partial charge in [-0.05, 0) is 121 Å². The Bertz CT molecular complexity index is 3890. The lowest BCUT2D eigenvalue weighted by Gasteiger charge is -2.26. The molecule has 2 heterocycles. The molecule has 0 unspecified atom stereocenters. The summed E-state index contributed by atoms with van der Waals surface area (Å²) in [6.45, 7) is 0. The maximum Gasteiger partial charge on any atom is 0.147 e. The van der Waals surface area contributed by atoms with Crippen molar-refractivity contribution in [3.8, 4) is 33.4 Å². The average molecular weight is 804 g/mol. The lowest BCUT2D eigenvalue weighted by molar-refractivity contribution is 0.663. The van der Waals surface area contributed by atoms with E-state index >= 15 is 0 Å². The van der Waals surface area contributed by atoms with Crippen LogP contribution in [0.3, 0.4) is 0 Å². The molecule has 0 spiro atoms. The summed E-state index contributed by atoms with van der Waals surface area (Å²) in [6.07, 6.45) is 0. The Morgan fingerprint density at radius 3 is 1.67 bits per heavy atom. The van der Waals surface area contributed by atoms with Crippen LogP contribution in [0, 0.1) is 0 Å². The highest BCUT2D eigenvalue weighted by atomic mass is 16.3. The van der Waals surface area contributed by atoms with Crippen LogP contribution < -0.4 is 4.90 Å². The molecule has 3 nitrogen and oxygen atoms in total. The molecule has 0 saturated heterocycles. The van der Waals surface area contributed by atoms with Crippen LogP contribution in [0.2, 0.25) is 0 Å². The van der Waals surface area contributed by atoms with Gasteiger partial charge in [0, 0.05) is 38.8 Å². The molecule has 0 radical (unpaired) electrons. The predicted octanol–water partition coefficient (Wildman–Crippen LogP) is 17.4. The number of hydrogen-bond acceptors (Lipinski definition) is 3. The molecule has 2 aromatic heterocycles. The molecule has 0 aliphatic rings. The van der Waals surface area contributed by atoms with E-state index in [1.54, 1.807) is 0 Å². The number of anilines is 3. The van der Waals surface area contributed by atoms with Gasteiger partial charge in [0.2, 0.25) is 0 Å². The van der Waals surface area contributed by atoms with E-state index in [1.165, 1.54) is 54.6 Å². The summed E-state index contributed by atoms with van der Waals surface area (Å²) >= 11 is 0. The zero-order valence-corrected chi connectivity index (χ0v) is 34.1. The molecule has 13 rings (SSSR count). The van der Waals surface area contributed by atoms with E-state index in [-0.39, 0.29) is 0 Å². The van der Waals surface area contributed by atoms with E-state index in [0.717, 1.165) is 72.1 Å². The van der Waals surface area contributed by atoms with Gasteiger partial charge in [-0.3, -0.25) is 0 Å². The zero-order valence-electron chi connectivity index (χ0n) is 34.1. The molecular weight excluding hydrogens is 767 g/mol. The van der Waals surface area contributed by atoms with Crippen molar-refractivity contribution in [3.05, 3.63) is 224 Å². The average Bonchev–Trinajstić information content (AvgIpc) is 3.93. The van der Waals surface area contributed by atoms with Gasteiger partial charge in [0.05, 0.1) is 5.39 Å². The molecule has 0 aliphatic carbocycles. The minimum absolute atomic E-state index is 0.837. The van der Waals surface area contributed by atoms with Gasteiger partial charge in [0.1, 0.15) is 22.3 Å². The quantitative estimate of drug-likeness (QED) is 0.157. The van der Waals surface area contributed by atoms with E-state index in [2.05, 4.69) is 217 Å². The van der Waals surface area contributed by atoms with Crippen LogP contribution in [0.15, 0.2) is 233 Å². The number of benzene rings is 11. The summed E-state index contributed by atoms with van der Waals surface area (Å²) in [5.74, 6) is 0. The van der Waals surface area contributed by atoms with Crippen LogP contribution in [0.5, 0.6) is 0 Å². The molecule has 0 fully saturated rings. The number of fused-ring (bicyclic) bond motifs is 11. The van der Waals surface area contributed by atoms with Crippen LogP contribution >= 0.6 is 0 Å². The van der Waals surface area contributed by atoms with Crippen molar-refractivity contribution >= 4 is 93.3 Å². The molecule has 11 aromatic carbocycles. The van der Waals surface area contributed by atoms with Crippen molar-refractivity contribution in [2.45, 2.75) is 0 Å². The van der Waals surface area contributed by atoms with Crippen molar-refractivity contribution in [1.82, 2.24) is 0 Å². The number of nitrogens with zero attached hydrogens (tertiary/aromatic N) is 1. The fourth-order valence-electron chi connectivity index (χ4n) is 9.81. The topological polar surface area (TPSA) is 29.5 Å². The van der Waals surface area contributed by atoms with E-state index < -0.39 is 0 Å². The van der Waals surface area contributed by atoms with E-state index in [9.17, 15) is 0 Å². The third kappa shape index (κ3) is 5.75. The predicted molar refractivity (Wildman–Crippen MR) is 265 cm³/mol. The van der Waals surface area contributed by atoms with E-state index in [4.69, 9.17) is 8.83 Å². The monoisotopic (exact) mass is 803 g/mol. The number of furan rings is 2. The van der Waals surface area contributed by atoms with Crippen LogP contribution in [0.1, 0.15) is 0 Å². The van der Waals surface area contributed by atoms with Crippen molar-refractivity contribution in [2.24, 2.45) is 0 Å². The Morgan fingerprint density at radius 2 is 0.841 bits per heavy atom. The Labute approximate surface area is 363 Å². The summed E-state index contributed by atoms with van der Waals surface area (Å²) in [5.41, 5.74) is 13.8. The second-order valence-corrected chi connectivity index (χ2v) is 16.4. The van der Waals surface area contributed by atoms with Gasteiger partial charge in [0.15, 0.2) is 0 Å². The van der Waals surface area contributed by atoms with Crippen LogP contribution in [-0.2, 0) is 0 Å². The molecule has 3 heteroatoms. The largest absolute Gasteiger partial charge is 0.456 e. The SMILES string of the molecule is c1ccc(-c2ccc(N(c3ccc(-c4cccc5ccccc45)cc3)c3ccc4c(ccc5cc(-c6cccc7c6oc6c7ccc7oc8ccccc8c76)ccc54)c3)cc2)cc1. The van der Waals surface area contributed by atoms with Gasteiger partial charge in [0.25, 0.3) is 0 Å². The van der Waals surface area contributed by atoms with Gasteiger partial charge >= 0.3 is 0 Å². The molecule has 0 aliphatic heterocycles. The van der Waals surface area contributed by atoms with Gasteiger partial charge in [-0.2, -0.15) is 0 Å². The van der Waals surface area contributed by atoms with Crippen molar-refractivity contribution in [3.63, 3.8) is 0 Å². The highest BCUT2D eigenvalue weighted by molar-refractivity contribution is 6.23. The first-order valence-electron chi connectivity index (χ1n) is 21.5. The summed E-state index contributed by atoms with van der Waals surface area (Å²) in [6, 6.07) is 80.6. The first kappa shape index (κ1) is 35.4. The molecule has 13 aromatic rings. The lowest BCUT2D eigenvalue weighted by Crippen LogP contribution is -2.09. The van der Waals surface area contributed by atoms with Gasteiger partial charge in [-0.25, -0.2) is 0 Å². The van der Waals surface area contributed by atoms with Gasteiger partial charge in [-0.15, -0.1) is 0 Å². The lowest BCUT2D eigenvalue weighted by atomic mass is 9.96. The van der Waals surface area contributed by atoms with Crippen molar-refractivity contribution in [1.29, 1.82) is 0 Å². The standard InChI is InChI=1S/C60H37NO2/c1-2-10-38(11-3-1)39-22-27-45(28-23-39)61(46-29-24-41(25-30-46)49-16-8-13-40-12-4-5-14-48(40)49)47-31-33-51-44(37-47)21-20-42-36-43(26-32-50(42)51)52-17-9-18-53-54-34-35-57-58(60(54)63-59(52)53)55-15-6-7-19-56(55)62-57/h1-37H. The fraction of sp³-hybridized carbons (Fsp3) is 0. The Hall–Kier alpha value is -8.40. The third-order valence-corrected chi connectivity index (χ3v) is 12.9. The van der Waals surface area contributed by atoms with Gasteiger partial charge in [-0.1, -0.05) is 164 Å². The molecular formula is C60H37NO2. The summed E-state index contributed by atoms with van der Waals surface area (Å²) in [5, 5.41) is 11.6. The van der Waals surface area contributed by atoms with Crippen LogP contribution in [0.25, 0.3) is 110 Å².